The minimum Gasteiger partial charge on any atom is -0.462 e. The average Bonchev–Trinajstić information content (AvgIpc) is 3.44. The van der Waals surface area contributed by atoms with E-state index in [1.54, 1.807) is 0 Å². The molecule has 0 fully saturated rings. The van der Waals surface area contributed by atoms with Crippen LogP contribution in [0.2, 0.25) is 0 Å². The van der Waals surface area contributed by atoms with E-state index in [4.69, 9.17) is 14.2 Å². The van der Waals surface area contributed by atoms with Crippen molar-refractivity contribution in [2.24, 2.45) is 0 Å². The van der Waals surface area contributed by atoms with Gasteiger partial charge < -0.3 is 14.2 Å². The van der Waals surface area contributed by atoms with Crippen molar-refractivity contribution in [3.05, 3.63) is 134 Å². The smallest absolute Gasteiger partial charge is 0.306 e. The quantitative estimate of drug-likeness (QED) is 0.0261. The number of ether oxygens (including phenoxy) is 3. The van der Waals surface area contributed by atoms with E-state index in [1.807, 2.05) is 0 Å². The van der Waals surface area contributed by atoms with Crippen LogP contribution in [0.25, 0.3) is 0 Å². The van der Waals surface area contributed by atoms with Crippen molar-refractivity contribution in [1.82, 2.24) is 0 Å². The molecule has 0 saturated carbocycles. The highest BCUT2D eigenvalue weighted by Gasteiger charge is 2.19. The zero-order valence-corrected chi connectivity index (χ0v) is 50.6. The van der Waals surface area contributed by atoms with Crippen LogP contribution >= 0.6 is 0 Å². The number of rotatable bonds is 57. The summed E-state index contributed by atoms with van der Waals surface area (Å²) in [6.07, 6.45) is 91.8. The second-order valence-corrected chi connectivity index (χ2v) is 20.9. The van der Waals surface area contributed by atoms with Gasteiger partial charge in [-0.3, -0.25) is 14.4 Å². The van der Waals surface area contributed by atoms with Crippen LogP contribution in [-0.4, -0.2) is 37.2 Å². The monoisotopic (exact) mass is 1080 g/mol. The Labute approximate surface area is 481 Å². The van der Waals surface area contributed by atoms with Gasteiger partial charge in [-0.2, -0.15) is 0 Å². The van der Waals surface area contributed by atoms with Gasteiger partial charge in [0, 0.05) is 19.3 Å². The average molecular weight is 1080 g/mol. The Morgan fingerprint density at radius 1 is 0.269 bits per heavy atom. The van der Waals surface area contributed by atoms with Crippen LogP contribution in [0.15, 0.2) is 134 Å². The third-order valence-electron chi connectivity index (χ3n) is 13.4. The molecule has 1 unspecified atom stereocenters. The first-order valence-electron chi connectivity index (χ1n) is 32.2. The van der Waals surface area contributed by atoms with Gasteiger partial charge in [0.15, 0.2) is 6.10 Å². The van der Waals surface area contributed by atoms with Gasteiger partial charge in [-0.25, -0.2) is 0 Å². The third kappa shape index (κ3) is 62.4. The third-order valence-corrected chi connectivity index (χ3v) is 13.4. The van der Waals surface area contributed by atoms with Crippen LogP contribution in [-0.2, 0) is 28.6 Å². The maximum absolute atomic E-state index is 12.9. The maximum atomic E-state index is 12.9. The van der Waals surface area contributed by atoms with E-state index in [2.05, 4.69) is 154 Å². The first-order valence-corrected chi connectivity index (χ1v) is 32.2. The van der Waals surface area contributed by atoms with Crippen molar-refractivity contribution in [1.29, 1.82) is 0 Å². The fourth-order valence-corrected chi connectivity index (χ4v) is 8.58. The van der Waals surface area contributed by atoms with Crippen LogP contribution in [0.3, 0.4) is 0 Å². The largest absolute Gasteiger partial charge is 0.462 e. The van der Waals surface area contributed by atoms with E-state index in [9.17, 15) is 14.4 Å². The first kappa shape index (κ1) is 73.5. The second kappa shape index (κ2) is 65.1. The SMILES string of the molecule is CC/C=C\C/C=C\C/C=C\C/C=C\C/C=C\C/C=C\C/C=C\C/C=C\C/C=C\C/C=C\CCCCC(=O)OCC(COC(=O)CCCCCCCCCCCC)OC(=O)CCCCCCCCC/C=C\CCCCCCCC. The van der Waals surface area contributed by atoms with Gasteiger partial charge in [0.05, 0.1) is 0 Å². The summed E-state index contributed by atoms with van der Waals surface area (Å²) in [6, 6.07) is 0. The molecule has 0 spiro atoms. The predicted octanol–water partition coefficient (Wildman–Crippen LogP) is 22.2. The Balaban J connectivity index is 4.33. The zero-order valence-electron chi connectivity index (χ0n) is 50.6. The Morgan fingerprint density at radius 3 is 0.821 bits per heavy atom. The van der Waals surface area contributed by atoms with Crippen LogP contribution in [0.4, 0.5) is 0 Å². The summed E-state index contributed by atoms with van der Waals surface area (Å²) in [5.41, 5.74) is 0. The molecule has 0 aromatic rings. The summed E-state index contributed by atoms with van der Waals surface area (Å²) in [4.78, 5) is 38.2. The summed E-state index contributed by atoms with van der Waals surface area (Å²) in [7, 11) is 0. The van der Waals surface area contributed by atoms with Crippen LogP contribution in [0.1, 0.15) is 284 Å². The Morgan fingerprint density at radius 2 is 0.500 bits per heavy atom. The lowest BCUT2D eigenvalue weighted by Crippen LogP contribution is -2.30. The molecule has 0 N–H and O–H groups in total. The molecule has 0 aromatic carbocycles. The number of carbonyl (C=O) groups excluding carboxylic acids is 3. The van der Waals surface area contributed by atoms with Gasteiger partial charge in [-0.05, 0) is 122 Å². The number of allylic oxidation sites excluding steroid dienone is 22. The summed E-state index contributed by atoms with van der Waals surface area (Å²) < 4.78 is 16.8. The molecule has 0 aliphatic rings. The normalized spacial score (nSPS) is 13.0. The van der Waals surface area contributed by atoms with E-state index in [0.717, 1.165) is 116 Å². The highest BCUT2D eigenvalue weighted by molar-refractivity contribution is 5.71. The van der Waals surface area contributed by atoms with Crippen molar-refractivity contribution >= 4 is 17.9 Å². The minimum atomic E-state index is -0.800. The molecule has 78 heavy (non-hydrogen) atoms. The van der Waals surface area contributed by atoms with Gasteiger partial charge in [0.2, 0.25) is 0 Å². The molecular formula is C72H118O6. The molecule has 0 saturated heterocycles. The van der Waals surface area contributed by atoms with Gasteiger partial charge >= 0.3 is 17.9 Å². The fraction of sp³-hybridized carbons (Fsp3) is 0.653. The lowest BCUT2D eigenvalue weighted by atomic mass is 10.1. The van der Waals surface area contributed by atoms with Gasteiger partial charge in [-0.1, -0.05) is 276 Å². The molecule has 0 amide bonds. The van der Waals surface area contributed by atoms with Gasteiger partial charge in [0.1, 0.15) is 13.2 Å². The molecule has 442 valence electrons. The van der Waals surface area contributed by atoms with Crippen molar-refractivity contribution in [2.75, 3.05) is 13.2 Å². The molecule has 1 atom stereocenters. The molecule has 0 aliphatic carbocycles. The van der Waals surface area contributed by atoms with Crippen LogP contribution < -0.4 is 0 Å². The van der Waals surface area contributed by atoms with Crippen molar-refractivity contribution in [3.8, 4) is 0 Å². The van der Waals surface area contributed by atoms with Gasteiger partial charge in [-0.15, -0.1) is 0 Å². The molecule has 0 bridgehead atoms. The summed E-state index contributed by atoms with van der Waals surface area (Å²) in [6.45, 7) is 6.48. The molecule has 0 rings (SSSR count). The number of hydrogen-bond donors (Lipinski definition) is 0. The standard InChI is InChI=1S/C72H118O6/c1-4-7-10-13-16-19-22-24-26-28-29-30-31-32-33-34-35-36-37-38-39-40-41-42-43-45-46-48-50-53-56-59-62-65-71(74)77-68-69(67-76-70(73)64-61-58-55-52-21-18-15-12-9-6-3)78-72(75)66-63-60-57-54-51-49-47-44-27-25-23-20-17-14-11-8-5-2/h7,10,16,19,24-27,29-30,32-33,35-36,38-39,41-42,45-46,50,53,69H,4-6,8-9,11-15,17-18,20-23,28,31,34,37,40,43-44,47-49,51-52,54-68H2,1-3H3/b10-7-,19-16-,26-24-,27-25-,30-29-,33-32-,36-35-,39-38-,42-41-,46-45-,53-50-. The summed E-state index contributed by atoms with van der Waals surface area (Å²) in [5.74, 6) is -0.944. The molecular weight excluding hydrogens is 961 g/mol. The molecule has 6 nitrogen and oxygen atoms in total. The molecule has 0 radical (unpaired) electrons. The maximum Gasteiger partial charge on any atom is 0.306 e. The van der Waals surface area contributed by atoms with Crippen molar-refractivity contribution < 1.29 is 28.6 Å². The zero-order chi connectivity index (χ0) is 56.4. The predicted molar refractivity (Wildman–Crippen MR) is 339 cm³/mol. The summed E-state index contributed by atoms with van der Waals surface area (Å²) in [5, 5.41) is 0. The highest BCUT2D eigenvalue weighted by atomic mass is 16.6. The minimum absolute atomic E-state index is 0.0942. The Bertz CT molecular complexity index is 1670. The number of carbonyl (C=O) groups is 3. The molecule has 0 heterocycles. The number of hydrogen-bond acceptors (Lipinski definition) is 6. The van der Waals surface area contributed by atoms with E-state index in [0.29, 0.717) is 25.7 Å². The Hall–Kier alpha value is -4.45. The topological polar surface area (TPSA) is 78.9 Å². The van der Waals surface area contributed by atoms with Crippen molar-refractivity contribution in [2.45, 2.75) is 290 Å². The fourth-order valence-electron chi connectivity index (χ4n) is 8.58. The van der Waals surface area contributed by atoms with Crippen molar-refractivity contribution in [3.63, 3.8) is 0 Å². The number of esters is 3. The first-order chi connectivity index (χ1) is 38.5. The lowest BCUT2D eigenvalue weighted by molar-refractivity contribution is -0.167. The van der Waals surface area contributed by atoms with E-state index < -0.39 is 6.10 Å². The van der Waals surface area contributed by atoms with Crippen LogP contribution in [0, 0.1) is 0 Å². The van der Waals surface area contributed by atoms with E-state index in [1.165, 1.54) is 122 Å². The highest BCUT2D eigenvalue weighted by Crippen LogP contribution is 2.15. The van der Waals surface area contributed by atoms with Crippen LogP contribution in [0.5, 0.6) is 0 Å². The Kier molecular flexibility index (Phi) is 61.4. The lowest BCUT2D eigenvalue weighted by Gasteiger charge is -2.18. The summed E-state index contributed by atoms with van der Waals surface area (Å²) >= 11 is 0. The second-order valence-electron chi connectivity index (χ2n) is 20.9. The van der Waals surface area contributed by atoms with Gasteiger partial charge in [0.25, 0.3) is 0 Å². The molecule has 0 aromatic heterocycles. The van der Waals surface area contributed by atoms with E-state index >= 15 is 0 Å². The molecule has 0 aliphatic heterocycles. The van der Waals surface area contributed by atoms with E-state index in [-0.39, 0.29) is 31.1 Å². The molecule has 6 heteroatoms. The number of unbranched alkanes of at least 4 members (excludes halogenated alkanes) is 24.